The van der Waals surface area contributed by atoms with Gasteiger partial charge in [-0.2, -0.15) is 0 Å². The van der Waals surface area contributed by atoms with Crippen molar-refractivity contribution in [3.8, 4) is 5.75 Å². The largest absolute Gasteiger partial charge is 0.507 e. The Balaban J connectivity index is 2.03. The molecule has 2 aromatic carbocycles. The molecular weight excluding hydrogens is 346 g/mol. The van der Waals surface area contributed by atoms with E-state index in [9.17, 15) is 19.5 Å². The number of aromatic hydroxyl groups is 1. The fourth-order valence-electron chi connectivity index (χ4n) is 2.50. The number of ketones is 1. The Kier molecular flexibility index (Phi) is 6.71. The number of rotatable bonds is 7. The minimum Gasteiger partial charge on any atom is -0.507 e. The van der Waals surface area contributed by atoms with Crippen molar-refractivity contribution in [1.82, 2.24) is 0 Å². The number of carbonyl (C=O) groups is 3. The Hall–Kier alpha value is -3.15. The molecule has 0 aliphatic heterocycles. The minimum atomic E-state index is -1.02. The number of hydrogen-bond acceptors (Lipinski definition) is 5. The molecule has 0 radical (unpaired) electrons. The standard InChI is InChI=1S/C21H23NO5/c1-4-6-18(23)22-16-11-9-15(10-12-16)20(25)14(3)27-21(26)17-8-5-7-13(2)19(17)24/h5,7-12,14,24H,4,6H2,1-3H3,(H,22,23). The van der Waals surface area contributed by atoms with Crippen molar-refractivity contribution in [3.05, 3.63) is 59.2 Å². The molecule has 0 fully saturated rings. The average molecular weight is 369 g/mol. The molecule has 2 aromatic rings. The van der Waals surface area contributed by atoms with Gasteiger partial charge in [-0.3, -0.25) is 9.59 Å². The van der Waals surface area contributed by atoms with E-state index in [1.165, 1.54) is 13.0 Å². The summed E-state index contributed by atoms with van der Waals surface area (Å²) in [5.74, 6) is -1.38. The smallest absolute Gasteiger partial charge is 0.342 e. The number of phenolic OH excluding ortho intramolecular Hbond substituents is 1. The van der Waals surface area contributed by atoms with E-state index in [0.29, 0.717) is 23.2 Å². The molecule has 27 heavy (non-hydrogen) atoms. The molecule has 0 aliphatic rings. The zero-order valence-corrected chi connectivity index (χ0v) is 15.6. The minimum absolute atomic E-state index is 0.0173. The number of aryl methyl sites for hydroxylation is 1. The summed E-state index contributed by atoms with van der Waals surface area (Å²) >= 11 is 0. The van der Waals surface area contributed by atoms with Gasteiger partial charge in [-0.25, -0.2) is 4.79 Å². The summed E-state index contributed by atoms with van der Waals surface area (Å²) in [7, 11) is 0. The Morgan fingerprint density at radius 2 is 1.78 bits per heavy atom. The Morgan fingerprint density at radius 1 is 1.11 bits per heavy atom. The molecule has 0 heterocycles. The molecule has 0 spiro atoms. The monoisotopic (exact) mass is 369 g/mol. The number of ether oxygens (including phenoxy) is 1. The Bertz CT molecular complexity index is 842. The SMILES string of the molecule is CCCC(=O)Nc1ccc(C(=O)C(C)OC(=O)c2cccc(C)c2O)cc1. The Morgan fingerprint density at radius 3 is 2.41 bits per heavy atom. The third-order valence-electron chi connectivity index (χ3n) is 4.04. The predicted octanol–water partition coefficient (Wildman–Crippen LogP) is 3.87. The molecule has 0 saturated heterocycles. The van der Waals surface area contributed by atoms with E-state index >= 15 is 0 Å². The molecule has 0 bridgehead atoms. The summed E-state index contributed by atoms with van der Waals surface area (Å²) in [4.78, 5) is 36.3. The maximum Gasteiger partial charge on any atom is 0.342 e. The van der Waals surface area contributed by atoms with Crippen LogP contribution in [0.2, 0.25) is 0 Å². The highest BCUT2D eigenvalue weighted by atomic mass is 16.5. The van der Waals surface area contributed by atoms with Gasteiger partial charge in [-0.1, -0.05) is 19.1 Å². The molecule has 2 N–H and O–H groups in total. The van der Waals surface area contributed by atoms with Crippen molar-refractivity contribution in [1.29, 1.82) is 0 Å². The fourth-order valence-corrected chi connectivity index (χ4v) is 2.50. The van der Waals surface area contributed by atoms with Gasteiger partial charge in [0.25, 0.3) is 0 Å². The van der Waals surface area contributed by atoms with Crippen LogP contribution in [-0.4, -0.2) is 28.9 Å². The van der Waals surface area contributed by atoms with Crippen LogP contribution in [0.5, 0.6) is 5.75 Å². The van der Waals surface area contributed by atoms with Gasteiger partial charge in [0.2, 0.25) is 11.7 Å². The van der Waals surface area contributed by atoms with Crippen molar-refractivity contribution < 1.29 is 24.2 Å². The van der Waals surface area contributed by atoms with Crippen LogP contribution >= 0.6 is 0 Å². The number of anilines is 1. The molecule has 6 heteroatoms. The van der Waals surface area contributed by atoms with Crippen LogP contribution in [0.15, 0.2) is 42.5 Å². The van der Waals surface area contributed by atoms with Crippen LogP contribution in [0, 0.1) is 6.92 Å². The van der Waals surface area contributed by atoms with E-state index in [2.05, 4.69) is 5.32 Å². The maximum atomic E-state index is 12.5. The van der Waals surface area contributed by atoms with E-state index in [1.807, 2.05) is 6.92 Å². The zero-order valence-electron chi connectivity index (χ0n) is 15.6. The number of para-hydroxylation sites is 1. The van der Waals surface area contributed by atoms with E-state index in [4.69, 9.17) is 4.74 Å². The van der Waals surface area contributed by atoms with Crippen LogP contribution < -0.4 is 5.32 Å². The quantitative estimate of drug-likeness (QED) is 0.571. The lowest BCUT2D eigenvalue weighted by Gasteiger charge is -2.14. The molecular formula is C21H23NO5. The van der Waals surface area contributed by atoms with Gasteiger partial charge in [-0.05, 0) is 56.2 Å². The van der Waals surface area contributed by atoms with Crippen LogP contribution in [0.3, 0.4) is 0 Å². The van der Waals surface area contributed by atoms with E-state index in [0.717, 1.165) is 6.42 Å². The van der Waals surface area contributed by atoms with Gasteiger partial charge in [0.15, 0.2) is 6.10 Å². The number of esters is 1. The van der Waals surface area contributed by atoms with E-state index < -0.39 is 12.1 Å². The summed E-state index contributed by atoms with van der Waals surface area (Å²) in [5.41, 5.74) is 1.52. The number of nitrogens with one attached hydrogen (secondary N) is 1. The number of phenols is 1. The molecule has 6 nitrogen and oxygen atoms in total. The molecule has 142 valence electrons. The fraction of sp³-hybridized carbons (Fsp3) is 0.286. The van der Waals surface area contributed by atoms with Gasteiger partial charge in [0, 0.05) is 17.7 Å². The number of carbonyl (C=O) groups excluding carboxylic acids is 3. The number of amides is 1. The number of hydrogen-bond donors (Lipinski definition) is 2. The zero-order chi connectivity index (χ0) is 20.0. The highest BCUT2D eigenvalue weighted by Crippen LogP contribution is 2.23. The lowest BCUT2D eigenvalue weighted by molar-refractivity contribution is -0.116. The molecule has 1 unspecified atom stereocenters. The van der Waals surface area contributed by atoms with Crippen LogP contribution in [0.25, 0.3) is 0 Å². The van der Waals surface area contributed by atoms with Crippen molar-refractivity contribution >= 4 is 23.3 Å². The van der Waals surface area contributed by atoms with Gasteiger partial charge >= 0.3 is 5.97 Å². The van der Waals surface area contributed by atoms with Crippen molar-refractivity contribution in [2.45, 2.75) is 39.7 Å². The van der Waals surface area contributed by atoms with Crippen LogP contribution in [0.1, 0.15) is 53.0 Å². The normalized spacial score (nSPS) is 11.5. The molecule has 1 atom stereocenters. The second-order valence-corrected chi connectivity index (χ2v) is 6.26. The maximum absolute atomic E-state index is 12.5. The summed E-state index contributed by atoms with van der Waals surface area (Å²) in [6.07, 6.45) is 0.166. The topological polar surface area (TPSA) is 92.7 Å². The van der Waals surface area contributed by atoms with Crippen molar-refractivity contribution in [2.24, 2.45) is 0 Å². The van der Waals surface area contributed by atoms with Gasteiger partial charge in [0.05, 0.1) is 0 Å². The third-order valence-corrected chi connectivity index (χ3v) is 4.04. The van der Waals surface area contributed by atoms with Crippen LogP contribution in [0.4, 0.5) is 5.69 Å². The lowest BCUT2D eigenvalue weighted by Crippen LogP contribution is -2.24. The predicted molar refractivity (Wildman–Crippen MR) is 102 cm³/mol. The highest BCUT2D eigenvalue weighted by Gasteiger charge is 2.22. The second kappa shape index (κ2) is 8.98. The van der Waals surface area contributed by atoms with E-state index in [-0.39, 0.29) is 23.0 Å². The van der Waals surface area contributed by atoms with Crippen LogP contribution in [-0.2, 0) is 9.53 Å². The highest BCUT2D eigenvalue weighted by molar-refractivity contribution is 6.02. The first kappa shape index (κ1) is 20.2. The lowest BCUT2D eigenvalue weighted by atomic mass is 10.1. The summed E-state index contributed by atoms with van der Waals surface area (Å²) in [5, 5.41) is 12.7. The number of Topliss-reactive ketones (excluding diaryl/α,β-unsaturated/α-hetero) is 1. The Labute approximate surface area is 158 Å². The first-order chi connectivity index (χ1) is 12.8. The van der Waals surface area contributed by atoms with E-state index in [1.54, 1.807) is 43.3 Å². The molecule has 1 amide bonds. The summed E-state index contributed by atoms with van der Waals surface area (Å²) in [6.45, 7) is 5.06. The number of benzene rings is 2. The van der Waals surface area contributed by atoms with Gasteiger partial charge < -0.3 is 15.2 Å². The molecule has 0 aliphatic carbocycles. The second-order valence-electron chi connectivity index (χ2n) is 6.26. The van der Waals surface area contributed by atoms with Gasteiger partial charge in [-0.15, -0.1) is 0 Å². The van der Waals surface area contributed by atoms with Gasteiger partial charge in [0.1, 0.15) is 11.3 Å². The van der Waals surface area contributed by atoms with Crippen molar-refractivity contribution in [3.63, 3.8) is 0 Å². The first-order valence-corrected chi connectivity index (χ1v) is 8.77. The summed E-state index contributed by atoms with van der Waals surface area (Å²) in [6, 6.07) is 11.1. The molecule has 0 aromatic heterocycles. The third kappa shape index (κ3) is 5.17. The first-order valence-electron chi connectivity index (χ1n) is 8.77. The molecule has 2 rings (SSSR count). The molecule has 0 saturated carbocycles. The van der Waals surface area contributed by atoms with Crippen molar-refractivity contribution in [2.75, 3.05) is 5.32 Å². The summed E-state index contributed by atoms with van der Waals surface area (Å²) < 4.78 is 5.20. The average Bonchev–Trinajstić information content (AvgIpc) is 2.64.